The number of benzene rings is 3. The number of amides is 2. The first-order valence-electron chi connectivity index (χ1n) is 11.1. The predicted molar refractivity (Wildman–Crippen MR) is 132 cm³/mol. The van der Waals surface area contributed by atoms with Crippen molar-refractivity contribution in [1.82, 2.24) is 0 Å². The molecule has 0 fully saturated rings. The van der Waals surface area contributed by atoms with Crippen LogP contribution in [0.25, 0.3) is 6.08 Å². The van der Waals surface area contributed by atoms with Crippen LogP contribution < -0.4 is 20.1 Å². The highest BCUT2D eigenvalue weighted by Gasteiger charge is 2.30. The van der Waals surface area contributed by atoms with Gasteiger partial charge in [0.15, 0.2) is 18.1 Å². The second-order valence-corrected chi connectivity index (χ2v) is 7.66. The third-order valence-corrected chi connectivity index (χ3v) is 4.90. The molecule has 7 nitrogen and oxygen atoms in total. The lowest BCUT2D eigenvalue weighted by molar-refractivity contribution is -0.137. The molecule has 0 saturated carbocycles. The Bertz CT molecular complexity index is 1400. The Morgan fingerprint density at radius 1 is 0.974 bits per heavy atom. The number of rotatable bonds is 9. The number of carbonyl (C=O) groups excluding carboxylic acids is 2. The van der Waals surface area contributed by atoms with Gasteiger partial charge in [-0.15, -0.1) is 0 Å². The number of carbonyl (C=O) groups is 2. The van der Waals surface area contributed by atoms with Crippen LogP contribution in [0.2, 0.25) is 0 Å². The minimum absolute atomic E-state index is 0.000871. The topological polar surface area (TPSA) is 100 Å². The standard InChI is InChI=1S/C27H21F4N3O4/c1-2-37-24-13-17(10-11-23(24)38-16-25(35)34-22-9-4-3-8-21(22)28)12-18(15-32)26(36)33-20-7-5-6-19(14-20)27(29,30)31/h3-14H,2,16H2,1H3,(H,33,36)(H,34,35)/b18-12+. The highest BCUT2D eigenvalue weighted by Crippen LogP contribution is 2.31. The number of alkyl halides is 3. The molecule has 3 aromatic carbocycles. The summed E-state index contributed by atoms with van der Waals surface area (Å²) >= 11 is 0. The van der Waals surface area contributed by atoms with E-state index in [2.05, 4.69) is 10.6 Å². The molecule has 0 aliphatic rings. The molecular weight excluding hydrogens is 506 g/mol. The van der Waals surface area contributed by atoms with Crippen molar-refractivity contribution in [3.8, 4) is 17.6 Å². The van der Waals surface area contributed by atoms with Gasteiger partial charge in [-0.2, -0.15) is 18.4 Å². The molecule has 0 radical (unpaired) electrons. The molecule has 0 aliphatic carbocycles. The summed E-state index contributed by atoms with van der Waals surface area (Å²) in [7, 11) is 0. The van der Waals surface area contributed by atoms with Crippen molar-refractivity contribution in [3.05, 3.63) is 89.2 Å². The van der Waals surface area contributed by atoms with E-state index in [4.69, 9.17) is 9.47 Å². The maximum atomic E-state index is 13.7. The molecular formula is C27H21F4N3O4. The van der Waals surface area contributed by atoms with Crippen molar-refractivity contribution in [2.24, 2.45) is 0 Å². The molecule has 0 unspecified atom stereocenters. The van der Waals surface area contributed by atoms with E-state index in [1.165, 1.54) is 48.5 Å². The third kappa shape index (κ3) is 7.57. The van der Waals surface area contributed by atoms with Gasteiger partial charge in [-0.05, 0) is 61.0 Å². The fraction of sp³-hybridized carbons (Fsp3) is 0.148. The van der Waals surface area contributed by atoms with Gasteiger partial charge in [0, 0.05) is 5.69 Å². The maximum absolute atomic E-state index is 13.7. The van der Waals surface area contributed by atoms with Crippen LogP contribution in [0, 0.1) is 17.1 Å². The monoisotopic (exact) mass is 527 g/mol. The fourth-order valence-corrected chi connectivity index (χ4v) is 3.18. The van der Waals surface area contributed by atoms with E-state index in [9.17, 15) is 32.4 Å². The third-order valence-electron chi connectivity index (χ3n) is 4.90. The summed E-state index contributed by atoms with van der Waals surface area (Å²) in [5.74, 6) is -1.73. The molecule has 11 heteroatoms. The molecule has 0 saturated heterocycles. The SMILES string of the molecule is CCOc1cc(/C=C(\C#N)C(=O)Nc2cccc(C(F)(F)F)c2)ccc1OCC(=O)Nc1ccccc1F. The zero-order valence-electron chi connectivity index (χ0n) is 19.9. The first-order valence-corrected chi connectivity index (χ1v) is 11.1. The van der Waals surface area contributed by atoms with Gasteiger partial charge in [0.1, 0.15) is 17.5 Å². The van der Waals surface area contributed by atoms with E-state index in [0.717, 1.165) is 18.2 Å². The molecule has 38 heavy (non-hydrogen) atoms. The average molecular weight is 527 g/mol. The summed E-state index contributed by atoms with van der Waals surface area (Å²) in [6, 6.07) is 15.8. The second-order valence-electron chi connectivity index (χ2n) is 7.66. The van der Waals surface area contributed by atoms with E-state index >= 15 is 0 Å². The van der Waals surface area contributed by atoms with Crippen LogP contribution in [0.5, 0.6) is 11.5 Å². The minimum atomic E-state index is -4.59. The van der Waals surface area contributed by atoms with Gasteiger partial charge < -0.3 is 20.1 Å². The lowest BCUT2D eigenvalue weighted by atomic mass is 10.1. The van der Waals surface area contributed by atoms with Gasteiger partial charge in [0.25, 0.3) is 11.8 Å². The average Bonchev–Trinajstić information content (AvgIpc) is 2.88. The van der Waals surface area contributed by atoms with Crippen LogP contribution in [0.3, 0.4) is 0 Å². The fourth-order valence-electron chi connectivity index (χ4n) is 3.18. The first kappa shape index (κ1) is 27.7. The van der Waals surface area contributed by atoms with Crippen molar-refractivity contribution in [1.29, 1.82) is 5.26 Å². The van der Waals surface area contributed by atoms with E-state index in [0.29, 0.717) is 5.56 Å². The predicted octanol–water partition coefficient (Wildman–Crippen LogP) is 5.81. The Morgan fingerprint density at radius 3 is 2.42 bits per heavy atom. The molecule has 0 aliphatic heterocycles. The number of para-hydroxylation sites is 1. The summed E-state index contributed by atoms with van der Waals surface area (Å²) in [4.78, 5) is 24.7. The Morgan fingerprint density at radius 2 is 1.74 bits per heavy atom. The zero-order valence-corrected chi connectivity index (χ0v) is 19.9. The van der Waals surface area contributed by atoms with Gasteiger partial charge in [-0.3, -0.25) is 9.59 Å². The number of nitrogens with one attached hydrogen (secondary N) is 2. The summed E-state index contributed by atoms with van der Waals surface area (Å²) in [6.45, 7) is 1.49. The van der Waals surface area contributed by atoms with Gasteiger partial charge in [-0.1, -0.05) is 24.3 Å². The van der Waals surface area contributed by atoms with Crippen LogP contribution in [0.4, 0.5) is 28.9 Å². The van der Waals surface area contributed by atoms with Crippen LogP contribution in [-0.2, 0) is 15.8 Å². The lowest BCUT2D eigenvalue weighted by Crippen LogP contribution is -2.21. The molecule has 0 atom stereocenters. The Kier molecular flexibility index (Phi) is 9.05. The Balaban J connectivity index is 1.73. The molecule has 196 valence electrons. The van der Waals surface area contributed by atoms with Crippen LogP contribution in [0.1, 0.15) is 18.1 Å². The molecule has 3 aromatic rings. The number of halogens is 4. The van der Waals surface area contributed by atoms with Gasteiger partial charge in [0.05, 0.1) is 17.9 Å². The van der Waals surface area contributed by atoms with Crippen LogP contribution >= 0.6 is 0 Å². The molecule has 2 N–H and O–H groups in total. The lowest BCUT2D eigenvalue weighted by Gasteiger charge is -2.13. The molecule has 0 bridgehead atoms. The second kappa shape index (κ2) is 12.4. The van der Waals surface area contributed by atoms with Gasteiger partial charge in [0.2, 0.25) is 0 Å². The van der Waals surface area contributed by atoms with Crippen molar-refractivity contribution in [2.75, 3.05) is 23.8 Å². The van der Waals surface area contributed by atoms with Gasteiger partial charge in [-0.25, -0.2) is 4.39 Å². The maximum Gasteiger partial charge on any atom is 0.416 e. The highest BCUT2D eigenvalue weighted by molar-refractivity contribution is 6.09. The Labute approximate surface area is 215 Å². The van der Waals surface area contributed by atoms with Crippen molar-refractivity contribution >= 4 is 29.3 Å². The van der Waals surface area contributed by atoms with Crippen molar-refractivity contribution < 1.29 is 36.6 Å². The quantitative estimate of drug-likeness (QED) is 0.208. The molecule has 0 heterocycles. The minimum Gasteiger partial charge on any atom is -0.490 e. The van der Waals surface area contributed by atoms with Crippen LogP contribution in [0.15, 0.2) is 72.3 Å². The number of anilines is 2. The summed E-state index contributed by atoms with van der Waals surface area (Å²) in [5, 5.41) is 14.1. The van der Waals surface area contributed by atoms with E-state index < -0.39 is 36.0 Å². The summed E-state index contributed by atoms with van der Waals surface area (Å²) < 4.78 is 63.5. The van der Waals surface area contributed by atoms with E-state index in [-0.39, 0.29) is 35.1 Å². The molecule has 0 spiro atoms. The Hall–Kier alpha value is -4.85. The number of hydrogen-bond acceptors (Lipinski definition) is 5. The number of hydrogen-bond donors (Lipinski definition) is 2. The largest absolute Gasteiger partial charge is 0.490 e. The van der Waals surface area contributed by atoms with E-state index in [1.54, 1.807) is 19.1 Å². The highest BCUT2D eigenvalue weighted by atomic mass is 19.4. The van der Waals surface area contributed by atoms with Crippen LogP contribution in [-0.4, -0.2) is 25.0 Å². The van der Waals surface area contributed by atoms with Crippen molar-refractivity contribution in [3.63, 3.8) is 0 Å². The smallest absolute Gasteiger partial charge is 0.416 e. The first-order chi connectivity index (χ1) is 18.1. The molecule has 2 amide bonds. The molecule has 0 aromatic heterocycles. The number of nitriles is 1. The number of nitrogens with zero attached hydrogens (tertiary/aromatic N) is 1. The number of ether oxygens (including phenoxy) is 2. The van der Waals surface area contributed by atoms with Crippen molar-refractivity contribution in [2.45, 2.75) is 13.1 Å². The van der Waals surface area contributed by atoms with E-state index in [1.807, 2.05) is 0 Å². The summed E-state index contributed by atoms with van der Waals surface area (Å²) in [5.41, 5.74) is -1.09. The summed E-state index contributed by atoms with van der Waals surface area (Å²) in [6.07, 6.45) is -3.37. The van der Waals surface area contributed by atoms with Gasteiger partial charge >= 0.3 is 6.18 Å². The normalized spacial score (nSPS) is 11.3. The zero-order chi connectivity index (χ0) is 27.7. The molecule has 3 rings (SSSR count).